The molecule has 3 heterocycles. The Morgan fingerprint density at radius 2 is 0.959 bits per heavy atom. The summed E-state index contributed by atoms with van der Waals surface area (Å²) in [5.41, 5.74) is 11.2. The van der Waals surface area contributed by atoms with Crippen molar-refractivity contribution in [1.82, 2.24) is 9.13 Å². The molecule has 0 aliphatic rings. The van der Waals surface area contributed by atoms with E-state index in [0.29, 0.717) is 0 Å². The molecule has 0 N–H and O–H groups in total. The zero-order valence-corrected chi connectivity index (χ0v) is 26.5. The van der Waals surface area contributed by atoms with Gasteiger partial charge in [-0.2, -0.15) is 0 Å². The summed E-state index contributed by atoms with van der Waals surface area (Å²) < 4.78 is 11.2. The fourth-order valence-corrected chi connectivity index (χ4v) is 8.22. The third kappa shape index (κ3) is 3.67. The van der Waals surface area contributed by atoms with E-state index in [2.05, 4.69) is 167 Å². The number of para-hydroxylation sites is 5. The van der Waals surface area contributed by atoms with Crippen molar-refractivity contribution in [2.45, 2.75) is 0 Å². The number of fused-ring (bicyclic) bond motifs is 12. The van der Waals surface area contributed by atoms with Crippen LogP contribution >= 0.6 is 0 Å². The SMILES string of the molecule is c1ccc(-n2c3ccccc3c3ccc4c(ccc5c4c4ccccc4n5-c4ccc(-c5cccc6c5oc5ccccc56)cc4)c32)cc1. The fraction of sp³-hybridized carbons (Fsp3) is 0. The van der Waals surface area contributed by atoms with Crippen LogP contribution in [0.5, 0.6) is 0 Å². The molecule has 3 aromatic heterocycles. The van der Waals surface area contributed by atoms with Gasteiger partial charge in [0, 0.05) is 54.6 Å². The molecule has 0 aliphatic heterocycles. The van der Waals surface area contributed by atoms with Gasteiger partial charge in [0.25, 0.3) is 0 Å². The van der Waals surface area contributed by atoms with E-state index in [-0.39, 0.29) is 0 Å². The van der Waals surface area contributed by atoms with Gasteiger partial charge in [0.05, 0.1) is 22.1 Å². The van der Waals surface area contributed by atoms with E-state index in [1.807, 2.05) is 12.1 Å². The van der Waals surface area contributed by atoms with Gasteiger partial charge in [-0.15, -0.1) is 0 Å². The van der Waals surface area contributed by atoms with E-state index < -0.39 is 0 Å². The molecule has 0 saturated heterocycles. The molecule has 0 radical (unpaired) electrons. The van der Waals surface area contributed by atoms with Crippen molar-refractivity contribution in [3.8, 4) is 22.5 Å². The Morgan fingerprint density at radius 3 is 1.80 bits per heavy atom. The van der Waals surface area contributed by atoms with E-state index >= 15 is 0 Å². The maximum atomic E-state index is 6.38. The lowest BCUT2D eigenvalue weighted by atomic mass is 10.0. The van der Waals surface area contributed by atoms with Crippen LogP contribution in [0.25, 0.3) is 98.8 Å². The molecule has 0 unspecified atom stereocenters. The van der Waals surface area contributed by atoms with Crippen LogP contribution in [-0.2, 0) is 0 Å². The predicted molar refractivity (Wildman–Crippen MR) is 205 cm³/mol. The predicted octanol–water partition coefficient (Wildman–Crippen LogP) is 12.6. The summed E-state index contributed by atoms with van der Waals surface area (Å²) in [5.74, 6) is 0. The molecule has 0 amide bonds. The molecule has 3 heteroatoms. The second-order valence-electron chi connectivity index (χ2n) is 12.9. The Bertz CT molecular complexity index is 3090. The van der Waals surface area contributed by atoms with Crippen LogP contribution in [0.15, 0.2) is 174 Å². The first-order valence-corrected chi connectivity index (χ1v) is 16.8. The van der Waals surface area contributed by atoms with Crippen LogP contribution in [0.2, 0.25) is 0 Å². The van der Waals surface area contributed by atoms with Gasteiger partial charge in [-0.1, -0.05) is 121 Å². The quantitative estimate of drug-likeness (QED) is 0.192. The van der Waals surface area contributed by atoms with Crippen LogP contribution in [0, 0.1) is 0 Å². The molecular weight excluding hydrogens is 597 g/mol. The average molecular weight is 625 g/mol. The summed E-state index contributed by atoms with van der Waals surface area (Å²) in [5, 5.41) is 9.86. The lowest BCUT2D eigenvalue weighted by molar-refractivity contribution is 0.670. The molecule has 228 valence electrons. The van der Waals surface area contributed by atoms with Crippen LogP contribution in [-0.4, -0.2) is 9.13 Å². The lowest BCUT2D eigenvalue weighted by Crippen LogP contribution is -1.95. The summed E-state index contributed by atoms with van der Waals surface area (Å²) in [6.07, 6.45) is 0. The molecule has 8 aromatic carbocycles. The largest absolute Gasteiger partial charge is 0.455 e. The smallest absolute Gasteiger partial charge is 0.143 e. The maximum Gasteiger partial charge on any atom is 0.143 e. The van der Waals surface area contributed by atoms with Gasteiger partial charge in [0.15, 0.2) is 0 Å². The van der Waals surface area contributed by atoms with Crippen molar-refractivity contribution >= 4 is 76.3 Å². The summed E-state index contributed by atoms with van der Waals surface area (Å²) in [6, 6.07) is 61.2. The number of hydrogen-bond acceptors (Lipinski definition) is 1. The fourth-order valence-electron chi connectivity index (χ4n) is 8.22. The number of nitrogens with zero attached hydrogens (tertiary/aromatic N) is 2. The third-order valence-corrected chi connectivity index (χ3v) is 10.3. The van der Waals surface area contributed by atoms with Gasteiger partial charge >= 0.3 is 0 Å². The van der Waals surface area contributed by atoms with E-state index in [1.165, 1.54) is 60.1 Å². The van der Waals surface area contributed by atoms with Crippen molar-refractivity contribution in [2.24, 2.45) is 0 Å². The highest BCUT2D eigenvalue weighted by Gasteiger charge is 2.20. The van der Waals surface area contributed by atoms with Gasteiger partial charge in [0.2, 0.25) is 0 Å². The first kappa shape index (κ1) is 26.5. The van der Waals surface area contributed by atoms with E-state index in [9.17, 15) is 0 Å². The molecule has 11 aromatic rings. The van der Waals surface area contributed by atoms with E-state index in [0.717, 1.165) is 38.8 Å². The number of hydrogen-bond donors (Lipinski definition) is 0. The van der Waals surface area contributed by atoms with E-state index in [4.69, 9.17) is 4.42 Å². The van der Waals surface area contributed by atoms with Crippen molar-refractivity contribution in [2.75, 3.05) is 0 Å². The Morgan fingerprint density at radius 1 is 0.347 bits per heavy atom. The van der Waals surface area contributed by atoms with Gasteiger partial charge < -0.3 is 13.6 Å². The standard InChI is InChI=1S/C46H28N2O/c1-2-11-30(12-3-1)48-40-18-7-4-13-33(40)36-26-25-35-37(45(36)48)27-28-42-44(35)39-15-5-8-19-41(39)47(42)31-23-21-29(22-24-31)32-16-10-17-38-34-14-6-9-20-43(34)49-46(32)38/h1-28H. The number of aromatic nitrogens is 2. The van der Waals surface area contributed by atoms with Crippen molar-refractivity contribution in [3.05, 3.63) is 170 Å². The molecule has 0 aliphatic carbocycles. The summed E-state index contributed by atoms with van der Waals surface area (Å²) in [4.78, 5) is 0. The van der Waals surface area contributed by atoms with Crippen molar-refractivity contribution in [1.29, 1.82) is 0 Å². The normalized spacial score (nSPS) is 12.1. The van der Waals surface area contributed by atoms with Gasteiger partial charge in [-0.05, 0) is 59.5 Å². The zero-order chi connectivity index (χ0) is 32.1. The molecule has 0 atom stereocenters. The first-order chi connectivity index (χ1) is 24.3. The highest BCUT2D eigenvalue weighted by molar-refractivity contribution is 6.28. The number of rotatable bonds is 3. The molecular formula is C46H28N2O. The Kier molecular flexibility index (Phi) is 5.38. The third-order valence-electron chi connectivity index (χ3n) is 10.3. The molecule has 0 fully saturated rings. The second-order valence-corrected chi connectivity index (χ2v) is 12.9. The van der Waals surface area contributed by atoms with Crippen LogP contribution < -0.4 is 0 Å². The van der Waals surface area contributed by atoms with Crippen molar-refractivity contribution < 1.29 is 4.42 Å². The lowest BCUT2D eigenvalue weighted by Gasteiger charge is -2.12. The first-order valence-electron chi connectivity index (χ1n) is 16.8. The minimum absolute atomic E-state index is 0.917. The second kappa shape index (κ2) is 9.96. The number of benzene rings is 8. The summed E-state index contributed by atoms with van der Waals surface area (Å²) in [6.45, 7) is 0. The Hall–Kier alpha value is -6.58. The minimum atomic E-state index is 0.917. The van der Waals surface area contributed by atoms with Crippen molar-refractivity contribution in [3.63, 3.8) is 0 Å². The topological polar surface area (TPSA) is 23.0 Å². The Balaban J connectivity index is 1.15. The molecule has 0 spiro atoms. The molecule has 0 bridgehead atoms. The molecule has 11 rings (SSSR count). The monoisotopic (exact) mass is 624 g/mol. The minimum Gasteiger partial charge on any atom is -0.455 e. The van der Waals surface area contributed by atoms with Crippen LogP contribution in [0.1, 0.15) is 0 Å². The van der Waals surface area contributed by atoms with Crippen LogP contribution in [0.4, 0.5) is 0 Å². The zero-order valence-electron chi connectivity index (χ0n) is 26.5. The average Bonchev–Trinajstić information content (AvgIpc) is 3.83. The summed E-state index contributed by atoms with van der Waals surface area (Å²) in [7, 11) is 0. The molecule has 49 heavy (non-hydrogen) atoms. The van der Waals surface area contributed by atoms with Gasteiger partial charge in [-0.3, -0.25) is 0 Å². The van der Waals surface area contributed by atoms with Gasteiger partial charge in [0.1, 0.15) is 11.2 Å². The summed E-state index contributed by atoms with van der Waals surface area (Å²) >= 11 is 0. The van der Waals surface area contributed by atoms with Crippen LogP contribution in [0.3, 0.4) is 0 Å². The van der Waals surface area contributed by atoms with Gasteiger partial charge in [-0.25, -0.2) is 0 Å². The molecule has 3 nitrogen and oxygen atoms in total. The molecule has 0 saturated carbocycles. The highest BCUT2D eigenvalue weighted by atomic mass is 16.3. The number of furan rings is 1. The Labute approximate surface area is 281 Å². The highest BCUT2D eigenvalue weighted by Crippen LogP contribution is 2.43. The maximum absolute atomic E-state index is 6.38. The van der Waals surface area contributed by atoms with E-state index in [1.54, 1.807) is 0 Å².